The van der Waals surface area contributed by atoms with E-state index in [0.29, 0.717) is 11.3 Å². The van der Waals surface area contributed by atoms with E-state index in [1.54, 1.807) is 13.0 Å². The van der Waals surface area contributed by atoms with Gasteiger partial charge in [-0.1, -0.05) is 30.3 Å². The van der Waals surface area contributed by atoms with Crippen LogP contribution in [0.2, 0.25) is 0 Å². The number of hydrogen-bond donors (Lipinski definition) is 1. The third-order valence-electron chi connectivity index (χ3n) is 5.13. The molecule has 4 rings (SSSR count). The van der Waals surface area contributed by atoms with E-state index < -0.39 is 28.4 Å². The molecule has 2 heterocycles. The first-order valence-electron chi connectivity index (χ1n) is 9.50. The molecular weight excluding hydrogens is 400 g/mol. The largest absolute Gasteiger partial charge is 0.503 e. The lowest BCUT2D eigenvalue weighted by Crippen LogP contribution is -2.30. The molecule has 1 atom stereocenters. The molecule has 0 bridgehead atoms. The average Bonchev–Trinajstić information content (AvgIpc) is 3.31. The maximum absolute atomic E-state index is 13.2. The standard InChI is InChI=1S/C23H18N2O6/c1-14-7-12-18(31-14)21(26)19-20(16-8-10-17(11-9-16)25(29)30)24(23(28)22(19)27)13-15-5-3-2-4-6-15/h2-12,20,27H,13H2,1H3. The summed E-state index contributed by atoms with van der Waals surface area (Å²) in [7, 11) is 0. The lowest BCUT2D eigenvalue weighted by atomic mass is 9.94. The van der Waals surface area contributed by atoms with E-state index in [4.69, 9.17) is 4.42 Å². The Kier molecular flexibility index (Phi) is 5.12. The van der Waals surface area contributed by atoms with Crippen molar-refractivity contribution in [3.05, 3.63) is 111 Å². The van der Waals surface area contributed by atoms with Crippen LogP contribution in [-0.2, 0) is 11.3 Å². The summed E-state index contributed by atoms with van der Waals surface area (Å²) in [6, 6.07) is 16.9. The van der Waals surface area contributed by atoms with Gasteiger partial charge in [-0.2, -0.15) is 0 Å². The van der Waals surface area contributed by atoms with Crippen LogP contribution in [0.1, 0.15) is 33.5 Å². The smallest absolute Gasteiger partial charge is 0.290 e. The predicted octanol–water partition coefficient (Wildman–Crippen LogP) is 4.27. The zero-order valence-electron chi connectivity index (χ0n) is 16.5. The molecule has 31 heavy (non-hydrogen) atoms. The highest BCUT2D eigenvalue weighted by molar-refractivity contribution is 6.15. The lowest BCUT2D eigenvalue weighted by molar-refractivity contribution is -0.384. The third-order valence-corrected chi connectivity index (χ3v) is 5.13. The van der Waals surface area contributed by atoms with Gasteiger partial charge in [0, 0.05) is 18.7 Å². The maximum Gasteiger partial charge on any atom is 0.290 e. The number of ketones is 1. The van der Waals surface area contributed by atoms with Crippen LogP contribution in [0, 0.1) is 17.0 Å². The van der Waals surface area contributed by atoms with Crippen molar-refractivity contribution in [1.82, 2.24) is 4.90 Å². The van der Waals surface area contributed by atoms with Crippen molar-refractivity contribution in [3.8, 4) is 0 Å². The number of nitrogens with zero attached hydrogens (tertiary/aromatic N) is 2. The Morgan fingerprint density at radius 2 is 1.77 bits per heavy atom. The molecule has 1 amide bonds. The fourth-order valence-electron chi connectivity index (χ4n) is 3.64. The second kappa shape index (κ2) is 7.91. The van der Waals surface area contributed by atoms with Crippen molar-refractivity contribution >= 4 is 17.4 Å². The number of carbonyl (C=O) groups excluding carboxylic acids is 2. The summed E-state index contributed by atoms with van der Waals surface area (Å²) < 4.78 is 5.42. The van der Waals surface area contributed by atoms with Crippen LogP contribution in [0.4, 0.5) is 5.69 Å². The van der Waals surface area contributed by atoms with E-state index in [2.05, 4.69) is 0 Å². The van der Waals surface area contributed by atoms with Crippen molar-refractivity contribution in [3.63, 3.8) is 0 Å². The Morgan fingerprint density at radius 3 is 2.35 bits per heavy atom. The molecule has 1 aliphatic rings. The second-order valence-electron chi connectivity index (χ2n) is 7.17. The Hall–Kier alpha value is -4.20. The average molecular weight is 418 g/mol. The number of aliphatic hydroxyl groups excluding tert-OH is 1. The van der Waals surface area contributed by atoms with Gasteiger partial charge in [-0.25, -0.2) is 0 Å². The topological polar surface area (TPSA) is 114 Å². The molecule has 0 aliphatic carbocycles. The normalized spacial score (nSPS) is 16.1. The van der Waals surface area contributed by atoms with Crippen LogP contribution < -0.4 is 0 Å². The molecule has 0 saturated heterocycles. The number of aryl methyl sites for hydroxylation is 1. The summed E-state index contributed by atoms with van der Waals surface area (Å²) >= 11 is 0. The molecule has 1 aromatic heterocycles. The molecule has 0 fully saturated rings. The number of furan rings is 1. The van der Waals surface area contributed by atoms with Crippen molar-refractivity contribution in [2.75, 3.05) is 0 Å². The number of Topliss-reactive ketones (excluding diaryl/α,β-unsaturated/α-hetero) is 1. The number of nitro groups is 1. The first-order valence-corrected chi connectivity index (χ1v) is 9.50. The van der Waals surface area contributed by atoms with Crippen LogP contribution >= 0.6 is 0 Å². The van der Waals surface area contributed by atoms with E-state index in [1.165, 1.54) is 35.2 Å². The number of aliphatic hydroxyl groups is 1. The summed E-state index contributed by atoms with van der Waals surface area (Å²) in [6.07, 6.45) is 0. The molecule has 0 saturated carbocycles. The fourth-order valence-corrected chi connectivity index (χ4v) is 3.64. The molecule has 1 N–H and O–H groups in total. The molecule has 0 spiro atoms. The minimum atomic E-state index is -0.925. The number of hydrogen-bond acceptors (Lipinski definition) is 6. The van der Waals surface area contributed by atoms with Gasteiger partial charge in [-0.3, -0.25) is 19.7 Å². The highest BCUT2D eigenvalue weighted by atomic mass is 16.6. The monoisotopic (exact) mass is 418 g/mol. The number of carbonyl (C=O) groups is 2. The SMILES string of the molecule is Cc1ccc(C(=O)C2=C(O)C(=O)N(Cc3ccccc3)C2c2ccc([N+](=O)[O-])cc2)o1. The molecule has 2 aromatic carbocycles. The molecular formula is C23H18N2O6. The maximum atomic E-state index is 13.2. The van der Waals surface area contributed by atoms with Gasteiger partial charge in [-0.15, -0.1) is 0 Å². The van der Waals surface area contributed by atoms with E-state index in [9.17, 15) is 24.8 Å². The number of amides is 1. The van der Waals surface area contributed by atoms with E-state index >= 15 is 0 Å². The fraction of sp³-hybridized carbons (Fsp3) is 0.130. The van der Waals surface area contributed by atoms with Gasteiger partial charge in [0.25, 0.3) is 11.6 Å². The van der Waals surface area contributed by atoms with Crippen molar-refractivity contribution in [2.24, 2.45) is 0 Å². The van der Waals surface area contributed by atoms with Gasteiger partial charge < -0.3 is 14.4 Å². The minimum Gasteiger partial charge on any atom is -0.503 e. The first kappa shape index (κ1) is 20.1. The Balaban J connectivity index is 1.80. The predicted molar refractivity (Wildman–Crippen MR) is 110 cm³/mol. The highest BCUT2D eigenvalue weighted by Gasteiger charge is 2.44. The zero-order chi connectivity index (χ0) is 22.1. The number of rotatable bonds is 6. The number of benzene rings is 2. The van der Waals surface area contributed by atoms with Gasteiger partial charge in [0.15, 0.2) is 11.5 Å². The molecule has 1 aliphatic heterocycles. The van der Waals surface area contributed by atoms with Gasteiger partial charge in [0.2, 0.25) is 5.78 Å². The number of non-ortho nitro benzene ring substituents is 1. The summed E-state index contributed by atoms with van der Waals surface area (Å²) in [6.45, 7) is 1.82. The summed E-state index contributed by atoms with van der Waals surface area (Å²) in [5.74, 6) is -1.45. The second-order valence-corrected chi connectivity index (χ2v) is 7.17. The summed E-state index contributed by atoms with van der Waals surface area (Å²) in [5, 5.41) is 21.7. The van der Waals surface area contributed by atoms with Gasteiger partial charge in [0.1, 0.15) is 5.76 Å². The molecule has 1 unspecified atom stereocenters. The van der Waals surface area contributed by atoms with Crippen LogP contribution in [0.15, 0.2) is 82.5 Å². The molecule has 3 aromatic rings. The molecule has 156 valence electrons. The third kappa shape index (κ3) is 3.71. The minimum absolute atomic E-state index is 0.000299. The van der Waals surface area contributed by atoms with Gasteiger partial charge in [-0.05, 0) is 42.3 Å². The lowest BCUT2D eigenvalue weighted by Gasteiger charge is -2.26. The Labute approximate surface area is 177 Å². The molecule has 8 heteroatoms. The zero-order valence-corrected chi connectivity index (χ0v) is 16.5. The van der Waals surface area contributed by atoms with Crippen LogP contribution in [0.25, 0.3) is 0 Å². The first-order chi connectivity index (χ1) is 14.9. The van der Waals surface area contributed by atoms with Gasteiger partial charge in [0.05, 0.1) is 16.5 Å². The van der Waals surface area contributed by atoms with Crippen molar-refractivity contribution in [1.29, 1.82) is 0 Å². The molecule has 0 radical (unpaired) electrons. The van der Waals surface area contributed by atoms with Gasteiger partial charge >= 0.3 is 0 Å². The molecule has 8 nitrogen and oxygen atoms in total. The number of nitro benzene ring substituents is 1. The Bertz CT molecular complexity index is 1190. The Morgan fingerprint density at radius 1 is 1.10 bits per heavy atom. The van der Waals surface area contributed by atoms with E-state index in [-0.39, 0.29) is 23.6 Å². The summed E-state index contributed by atoms with van der Waals surface area (Å²) in [4.78, 5) is 38.0. The summed E-state index contributed by atoms with van der Waals surface area (Å²) in [5.41, 5.74) is 1.03. The van der Waals surface area contributed by atoms with Crippen LogP contribution in [0.3, 0.4) is 0 Å². The van der Waals surface area contributed by atoms with E-state index in [1.807, 2.05) is 30.3 Å². The highest BCUT2D eigenvalue weighted by Crippen LogP contribution is 2.40. The van der Waals surface area contributed by atoms with Crippen molar-refractivity contribution in [2.45, 2.75) is 19.5 Å². The van der Waals surface area contributed by atoms with E-state index in [0.717, 1.165) is 5.56 Å². The quantitative estimate of drug-likeness (QED) is 0.363. The van der Waals surface area contributed by atoms with Crippen LogP contribution in [0.5, 0.6) is 0 Å². The van der Waals surface area contributed by atoms with Crippen LogP contribution in [-0.4, -0.2) is 26.6 Å². The van der Waals surface area contributed by atoms with Crippen molar-refractivity contribution < 1.29 is 24.0 Å².